The maximum Gasteiger partial charge on any atom is 0.110 e. The largest absolute Gasteiger partial charge is 0.368 e. The molecular formula is C11H8ClNO. The second-order valence-electron chi connectivity index (χ2n) is 3.36. The summed E-state index contributed by atoms with van der Waals surface area (Å²) in [7, 11) is 0. The summed E-state index contributed by atoms with van der Waals surface area (Å²) in [5, 5.41) is 1.86. The Labute approximate surface area is 86.5 Å². The number of nitrogens with zero attached hydrogens (tertiary/aromatic N) is 1. The highest BCUT2D eigenvalue weighted by atomic mass is 35.5. The molecule has 1 saturated heterocycles. The van der Waals surface area contributed by atoms with Crippen LogP contribution in [0.4, 0.5) is 0 Å². The van der Waals surface area contributed by atoms with Crippen molar-refractivity contribution in [2.75, 3.05) is 6.61 Å². The molecule has 0 N–H and O–H groups in total. The Kier molecular flexibility index (Phi) is 1.72. The van der Waals surface area contributed by atoms with E-state index in [9.17, 15) is 0 Å². The van der Waals surface area contributed by atoms with Gasteiger partial charge in [0.25, 0.3) is 0 Å². The highest BCUT2D eigenvalue weighted by molar-refractivity contribution is 6.32. The molecule has 1 aliphatic heterocycles. The molecule has 0 spiro atoms. The third kappa shape index (κ3) is 1.19. The molecule has 2 heterocycles. The predicted octanol–water partition coefficient (Wildman–Crippen LogP) is 2.96. The Morgan fingerprint density at radius 3 is 3.00 bits per heavy atom. The Morgan fingerprint density at radius 1 is 1.36 bits per heavy atom. The van der Waals surface area contributed by atoms with Crippen LogP contribution in [0, 0.1) is 0 Å². The van der Waals surface area contributed by atoms with E-state index in [1.54, 1.807) is 6.20 Å². The van der Waals surface area contributed by atoms with E-state index in [1.807, 2.05) is 24.3 Å². The highest BCUT2D eigenvalue weighted by Gasteiger charge is 2.29. The Balaban J connectivity index is 2.37. The van der Waals surface area contributed by atoms with E-state index >= 15 is 0 Å². The van der Waals surface area contributed by atoms with Gasteiger partial charge in [0.15, 0.2) is 0 Å². The van der Waals surface area contributed by atoms with E-state index in [-0.39, 0.29) is 6.10 Å². The number of fused-ring (bicyclic) bond motifs is 1. The summed E-state index contributed by atoms with van der Waals surface area (Å²) in [5.74, 6) is 0. The molecule has 1 aromatic heterocycles. The normalized spacial score (nSPS) is 19.9. The van der Waals surface area contributed by atoms with Crippen LogP contribution in [-0.4, -0.2) is 11.6 Å². The first-order valence-corrected chi connectivity index (χ1v) is 4.89. The van der Waals surface area contributed by atoms with Crippen LogP contribution in [0.2, 0.25) is 5.02 Å². The number of epoxide rings is 1. The molecule has 14 heavy (non-hydrogen) atoms. The van der Waals surface area contributed by atoms with Gasteiger partial charge in [0.1, 0.15) is 6.10 Å². The molecule has 0 amide bonds. The van der Waals surface area contributed by atoms with Gasteiger partial charge in [0, 0.05) is 22.2 Å². The average molecular weight is 206 g/mol. The van der Waals surface area contributed by atoms with Crippen LogP contribution in [0.5, 0.6) is 0 Å². The second-order valence-corrected chi connectivity index (χ2v) is 3.77. The molecule has 3 heteroatoms. The quantitative estimate of drug-likeness (QED) is 0.669. The number of halogens is 1. The Hall–Kier alpha value is -1.12. The second kappa shape index (κ2) is 2.94. The summed E-state index contributed by atoms with van der Waals surface area (Å²) in [5.41, 5.74) is 1.99. The SMILES string of the molecule is Clc1ccc2cccnc2c1C1CO1. The fourth-order valence-electron chi connectivity index (χ4n) is 1.66. The molecule has 2 aromatic rings. The number of rotatable bonds is 1. The van der Waals surface area contributed by atoms with Crippen LogP contribution in [-0.2, 0) is 4.74 Å². The number of pyridine rings is 1. The highest BCUT2D eigenvalue weighted by Crippen LogP contribution is 2.38. The summed E-state index contributed by atoms with van der Waals surface area (Å²) >= 11 is 6.12. The van der Waals surface area contributed by atoms with Gasteiger partial charge in [0.2, 0.25) is 0 Å². The van der Waals surface area contributed by atoms with E-state index in [0.29, 0.717) is 0 Å². The molecule has 70 valence electrons. The Morgan fingerprint density at radius 2 is 2.21 bits per heavy atom. The zero-order valence-corrected chi connectivity index (χ0v) is 8.16. The number of ether oxygens (including phenoxy) is 1. The molecule has 0 bridgehead atoms. The standard InChI is InChI=1S/C11H8ClNO/c12-8-4-3-7-2-1-5-13-11(7)10(8)9-6-14-9/h1-5,9H,6H2. The molecule has 0 aliphatic carbocycles. The molecular weight excluding hydrogens is 198 g/mol. The molecule has 1 fully saturated rings. The number of aromatic nitrogens is 1. The summed E-state index contributed by atoms with van der Waals surface area (Å²) in [4.78, 5) is 4.34. The Bertz CT molecular complexity index is 494. The van der Waals surface area contributed by atoms with Crippen molar-refractivity contribution in [1.29, 1.82) is 0 Å². The van der Waals surface area contributed by atoms with E-state index in [2.05, 4.69) is 4.98 Å². The van der Waals surface area contributed by atoms with Crippen LogP contribution in [0.3, 0.4) is 0 Å². The van der Waals surface area contributed by atoms with E-state index in [0.717, 1.165) is 28.1 Å². The minimum atomic E-state index is 0.154. The van der Waals surface area contributed by atoms with E-state index < -0.39 is 0 Å². The third-order valence-corrected chi connectivity index (χ3v) is 2.75. The van der Waals surface area contributed by atoms with Crippen molar-refractivity contribution in [2.45, 2.75) is 6.10 Å². The van der Waals surface area contributed by atoms with Crippen LogP contribution >= 0.6 is 11.6 Å². The number of hydrogen-bond donors (Lipinski definition) is 0. The van der Waals surface area contributed by atoms with Gasteiger partial charge in [-0.2, -0.15) is 0 Å². The van der Waals surface area contributed by atoms with Crippen LogP contribution in [0.1, 0.15) is 11.7 Å². The van der Waals surface area contributed by atoms with Gasteiger partial charge in [0.05, 0.1) is 12.1 Å². The molecule has 2 nitrogen and oxygen atoms in total. The van der Waals surface area contributed by atoms with Gasteiger partial charge < -0.3 is 4.74 Å². The van der Waals surface area contributed by atoms with Gasteiger partial charge in [-0.15, -0.1) is 0 Å². The van der Waals surface area contributed by atoms with Crippen molar-refractivity contribution in [3.63, 3.8) is 0 Å². The van der Waals surface area contributed by atoms with Crippen molar-refractivity contribution in [2.24, 2.45) is 0 Å². The summed E-state index contributed by atoms with van der Waals surface area (Å²) in [6.07, 6.45) is 1.94. The van der Waals surface area contributed by atoms with Crippen LogP contribution < -0.4 is 0 Å². The van der Waals surface area contributed by atoms with Gasteiger partial charge >= 0.3 is 0 Å². The molecule has 1 aromatic carbocycles. The van der Waals surface area contributed by atoms with E-state index in [1.165, 1.54) is 0 Å². The minimum absolute atomic E-state index is 0.154. The molecule has 0 saturated carbocycles. The van der Waals surface area contributed by atoms with E-state index in [4.69, 9.17) is 16.3 Å². The topological polar surface area (TPSA) is 25.4 Å². The van der Waals surface area contributed by atoms with Gasteiger partial charge in [-0.25, -0.2) is 0 Å². The molecule has 0 radical (unpaired) electrons. The lowest BCUT2D eigenvalue weighted by Crippen LogP contribution is -1.88. The third-order valence-electron chi connectivity index (χ3n) is 2.42. The fourth-order valence-corrected chi connectivity index (χ4v) is 1.94. The summed E-state index contributed by atoms with van der Waals surface area (Å²) in [6, 6.07) is 7.84. The molecule has 1 aliphatic rings. The maximum atomic E-state index is 6.12. The predicted molar refractivity (Wildman–Crippen MR) is 55.4 cm³/mol. The van der Waals surface area contributed by atoms with Crippen molar-refractivity contribution in [3.8, 4) is 0 Å². The van der Waals surface area contributed by atoms with Gasteiger partial charge in [-0.1, -0.05) is 23.7 Å². The lowest BCUT2D eigenvalue weighted by atomic mass is 10.1. The number of benzene rings is 1. The monoisotopic (exact) mass is 205 g/mol. The number of hydrogen-bond acceptors (Lipinski definition) is 2. The average Bonchev–Trinajstić information content (AvgIpc) is 3.01. The smallest absolute Gasteiger partial charge is 0.110 e. The van der Waals surface area contributed by atoms with Gasteiger partial charge in [-0.3, -0.25) is 4.98 Å². The van der Waals surface area contributed by atoms with Gasteiger partial charge in [-0.05, 0) is 12.1 Å². The zero-order valence-electron chi connectivity index (χ0n) is 7.40. The van der Waals surface area contributed by atoms with Crippen molar-refractivity contribution in [1.82, 2.24) is 4.98 Å². The molecule has 3 rings (SSSR count). The fraction of sp³-hybridized carbons (Fsp3) is 0.182. The molecule has 1 unspecified atom stereocenters. The first-order valence-electron chi connectivity index (χ1n) is 4.51. The van der Waals surface area contributed by atoms with Crippen molar-refractivity contribution in [3.05, 3.63) is 41.0 Å². The van der Waals surface area contributed by atoms with Crippen molar-refractivity contribution < 1.29 is 4.74 Å². The van der Waals surface area contributed by atoms with Crippen LogP contribution in [0.15, 0.2) is 30.5 Å². The maximum absolute atomic E-state index is 6.12. The molecule has 1 atom stereocenters. The van der Waals surface area contributed by atoms with Crippen molar-refractivity contribution >= 4 is 22.5 Å². The van der Waals surface area contributed by atoms with Crippen LogP contribution in [0.25, 0.3) is 10.9 Å². The summed E-state index contributed by atoms with van der Waals surface area (Å²) in [6.45, 7) is 0.759. The first-order chi connectivity index (χ1) is 6.86. The zero-order chi connectivity index (χ0) is 9.54. The lowest BCUT2D eigenvalue weighted by Gasteiger charge is -2.04. The first kappa shape index (κ1) is 8.21. The lowest BCUT2D eigenvalue weighted by molar-refractivity contribution is 0.416. The minimum Gasteiger partial charge on any atom is -0.368 e. The summed E-state index contributed by atoms with van der Waals surface area (Å²) < 4.78 is 5.26.